The zero-order chi connectivity index (χ0) is 10.6. The number of hydrogen-bond acceptors (Lipinski definition) is 4. The molecule has 0 atom stereocenters. The van der Waals surface area contributed by atoms with Gasteiger partial charge in [-0.25, -0.2) is 8.42 Å². The van der Waals surface area contributed by atoms with Crippen molar-refractivity contribution in [3.63, 3.8) is 0 Å². The molecule has 0 saturated carbocycles. The Labute approximate surface area is 91.7 Å². The average molecular weight is 282 g/mol. The standard InChI is InChI=1S/C8H12BrNO3S/c1-14(11,12)5-4-10-6-7-2-3-8(9)13-7/h2-3,10H,4-6H2,1H3. The van der Waals surface area contributed by atoms with Gasteiger partial charge in [-0.3, -0.25) is 0 Å². The monoisotopic (exact) mass is 281 g/mol. The molecule has 14 heavy (non-hydrogen) atoms. The van der Waals surface area contributed by atoms with Crippen molar-refractivity contribution in [2.24, 2.45) is 0 Å². The summed E-state index contributed by atoms with van der Waals surface area (Å²) < 4.78 is 27.5. The van der Waals surface area contributed by atoms with Crippen LogP contribution in [0.2, 0.25) is 0 Å². The first-order valence-electron chi connectivity index (χ1n) is 4.10. The van der Waals surface area contributed by atoms with Gasteiger partial charge >= 0.3 is 0 Å². The highest BCUT2D eigenvalue weighted by molar-refractivity contribution is 9.10. The van der Waals surface area contributed by atoms with Crippen molar-refractivity contribution in [2.75, 3.05) is 18.6 Å². The van der Waals surface area contributed by atoms with Gasteiger partial charge in [0.2, 0.25) is 0 Å². The van der Waals surface area contributed by atoms with Crippen molar-refractivity contribution >= 4 is 25.8 Å². The zero-order valence-electron chi connectivity index (χ0n) is 7.79. The van der Waals surface area contributed by atoms with Gasteiger partial charge in [0, 0.05) is 12.8 Å². The minimum absolute atomic E-state index is 0.148. The van der Waals surface area contributed by atoms with Crippen LogP contribution in [0.5, 0.6) is 0 Å². The molecule has 1 heterocycles. The number of halogens is 1. The zero-order valence-corrected chi connectivity index (χ0v) is 10.2. The highest BCUT2D eigenvalue weighted by atomic mass is 79.9. The highest BCUT2D eigenvalue weighted by Gasteiger charge is 2.02. The molecule has 0 bridgehead atoms. The van der Waals surface area contributed by atoms with Crippen LogP contribution in [-0.4, -0.2) is 27.0 Å². The Hall–Kier alpha value is -0.330. The second kappa shape index (κ2) is 4.95. The first-order chi connectivity index (χ1) is 6.47. The summed E-state index contributed by atoms with van der Waals surface area (Å²) in [5.41, 5.74) is 0. The molecule has 6 heteroatoms. The SMILES string of the molecule is CS(=O)(=O)CCNCc1ccc(Br)o1. The molecule has 0 fully saturated rings. The predicted molar refractivity (Wildman–Crippen MR) is 57.8 cm³/mol. The lowest BCUT2D eigenvalue weighted by Gasteiger charge is -2.00. The molecule has 1 aromatic heterocycles. The van der Waals surface area contributed by atoms with E-state index in [0.717, 1.165) is 5.76 Å². The van der Waals surface area contributed by atoms with Gasteiger partial charge in [0.15, 0.2) is 4.67 Å². The Balaban J connectivity index is 2.23. The van der Waals surface area contributed by atoms with E-state index in [1.807, 2.05) is 6.07 Å². The van der Waals surface area contributed by atoms with E-state index in [1.165, 1.54) is 6.26 Å². The summed E-state index contributed by atoms with van der Waals surface area (Å²) in [5.74, 6) is 0.930. The summed E-state index contributed by atoms with van der Waals surface area (Å²) in [5, 5.41) is 2.98. The summed E-state index contributed by atoms with van der Waals surface area (Å²) in [4.78, 5) is 0. The summed E-state index contributed by atoms with van der Waals surface area (Å²) in [6, 6.07) is 3.63. The molecule has 1 aromatic rings. The maximum Gasteiger partial charge on any atom is 0.169 e. The number of rotatable bonds is 5. The fraction of sp³-hybridized carbons (Fsp3) is 0.500. The van der Waals surface area contributed by atoms with Crippen LogP contribution in [0.25, 0.3) is 0 Å². The van der Waals surface area contributed by atoms with Gasteiger partial charge in [-0.05, 0) is 28.1 Å². The molecule has 1 N–H and O–H groups in total. The number of nitrogens with one attached hydrogen (secondary N) is 1. The van der Waals surface area contributed by atoms with Crippen LogP contribution in [0.15, 0.2) is 21.2 Å². The average Bonchev–Trinajstić information content (AvgIpc) is 2.44. The van der Waals surface area contributed by atoms with Gasteiger partial charge in [0.25, 0.3) is 0 Å². The fourth-order valence-electron chi connectivity index (χ4n) is 0.916. The van der Waals surface area contributed by atoms with E-state index < -0.39 is 9.84 Å². The lowest BCUT2D eigenvalue weighted by atomic mass is 10.4. The summed E-state index contributed by atoms with van der Waals surface area (Å²) in [7, 11) is -2.88. The molecule has 0 spiro atoms. The van der Waals surface area contributed by atoms with Gasteiger partial charge in [-0.1, -0.05) is 0 Å². The van der Waals surface area contributed by atoms with Crippen molar-refractivity contribution in [1.29, 1.82) is 0 Å². The summed E-state index contributed by atoms with van der Waals surface area (Å²) in [6.45, 7) is 0.984. The highest BCUT2D eigenvalue weighted by Crippen LogP contribution is 2.13. The lowest BCUT2D eigenvalue weighted by molar-refractivity contribution is 0.469. The van der Waals surface area contributed by atoms with Crippen LogP contribution in [0.1, 0.15) is 5.76 Å². The smallest absolute Gasteiger partial charge is 0.169 e. The molecule has 80 valence electrons. The van der Waals surface area contributed by atoms with Gasteiger partial charge in [0.1, 0.15) is 15.6 Å². The molecule has 4 nitrogen and oxygen atoms in total. The normalized spacial score (nSPS) is 11.9. The van der Waals surface area contributed by atoms with E-state index in [-0.39, 0.29) is 5.75 Å². The molecule has 0 saturated heterocycles. The molecular weight excluding hydrogens is 270 g/mol. The Bertz CT molecular complexity index is 385. The fourth-order valence-corrected chi connectivity index (χ4v) is 1.77. The van der Waals surface area contributed by atoms with Gasteiger partial charge < -0.3 is 9.73 Å². The van der Waals surface area contributed by atoms with E-state index >= 15 is 0 Å². The third kappa shape index (κ3) is 4.78. The minimum atomic E-state index is -2.88. The van der Waals surface area contributed by atoms with Crippen molar-refractivity contribution in [3.8, 4) is 0 Å². The number of furan rings is 1. The maximum atomic E-state index is 10.8. The molecule has 0 amide bonds. The van der Waals surface area contributed by atoms with Gasteiger partial charge in [0.05, 0.1) is 12.3 Å². The first-order valence-corrected chi connectivity index (χ1v) is 6.95. The third-order valence-electron chi connectivity index (χ3n) is 1.58. The van der Waals surface area contributed by atoms with Crippen molar-refractivity contribution < 1.29 is 12.8 Å². The Kier molecular flexibility index (Phi) is 4.15. The quantitative estimate of drug-likeness (QED) is 0.824. The van der Waals surface area contributed by atoms with E-state index in [9.17, 15) is 8.42 Å². The number of sulfone groups is 1. The Morgan fingerprint density at radius 3 is 2.71 bits per heavy atom. The Morgan fingerprint density at radius 2 is 2.21 bits per heavy atom. The van der Waals surface area contributed by atoms with E-state index in [4.69, 9.17) is 4.42 Å². The predicted octanol–water partition coefficient (Wildman–Crippen LogP) is 1.18. The second-order valence-electron chi connectivity index (χ2n) is 3.01. The van der Waals surface area contributed by atoms with Crippen LogP contribution >= 0.6 is 15.9 Å². The molecular formula is C8H12BrNO3S. The maximum absolute atomic E-state index is 10.8. The molecule has 0 aliphatic carbocycles. The van der Waals surface area contributed by atoms with Crippen LogP contribution in [-0.2, 0) is 16.4 Å². The van der Waals surface area contributed by atoms with Crippen molar-refractivity contribution in [2.45, 2.75) is 6.54 Å². The Morgan fingerprint density at radius 1 is 1.50 bits per heavy atom. The molecule has 0 unspecified atom stereocenters. The summed E-state index contributed by atoms with van der Waals surface area (Å²) >= 11 is 3.18. The van der Waals surface area contributed by atoms with Crippen LogP contribution in [0, 0.1) is 0 Å². The van der Waals surface area contributed by atoms with Gasteiger partial charge in [-0.15, -0.1) is 0 Å². The second-order valence-corrected chi connectivity index (χ2v) is 6.05. The van der Waals surface area contributed by atoms with E-state index in [0.29, 0.717) is 17.8 Å². The van der Waals surface area contributed by atoms with Crippen LogP contribution < -0.4 is 5.32 Å². The van der Waals surface area contributed by atoms with E-state index in [1.54, 1.807) is 6.07 Å². The first kappa shape index (κ1) is 11.7. The van der Waals surface area contributed by atoms with Gasteiger partial charge in [-0.2, -0.15) is 0 Å². The van der Waals surface area contributed by atoms with Crippen molar-refractivity contribution in [3.05, 3.63) is 22.6 Å². The molecule has 0 radical (unpaired) electrons. The van der Waals surface area contributed by atoms with Crippen LogP contribution in [0.3, 0.4) is 0 Å². The molecule has 0 aromatic carbocycles. The number of hydrogen-bond donors (Lipinski definition) is 1. The largest absolute Gasteiger partial charge is 0.453 e. The molecule has 0 aliphatic rings. The van der Waals surface area contributed by atoms with E-state index in [2.05, 4.69) is 21.2 Å². The molecule has 0 aliphatic heterocycles. The lowest BCUT2D eigenvalue weighted by Crippen LogP contribution is -2.21. The topological polar surface area (TPSA) is 59.3 Å². The van der Waals surface area contributed by atoms with Crippen molar-refractivity contribution in [1.82, 2.24) is 5.32 Å². The van der Waals surface area contributed by atoms with Crippen LogP contribution in [0.4, 0.5) is 0 Å². The third-order valence-corrected chi connectivity index (χ3v) is 2.95. The molecule has 1 rings (SSSR count). The summed E-state index contributed by atoms with van der Waals surface area (Å²) in [6.07, 6.45) is 1.22. The minimum Gasteiger partial charge on any atom is -0.453 e.